The molecule has 1 aromatic rings. The van der Waals surface area contributed by atoms with Gasteiger partial charge in [-0.1, -0.05) is 29.3 Å². The maximum atomic E-state index is 6.31. The highest BCUT2D eigenvalue weighted by Gasteiger charge is 2.25. The van der Waals surface area contributed by atoms with E-state index in [-0.39, 0.29) is 6.04 Å². The first kappa shape index (κ1) is 16.1. The van der Waals surface area contributed by atoms with E-state index in [2.05, 4.69) is 23.9 Å². The highest BCUT2D eigenvalue weighted by molar-refractivity contribution is 6.35. The minimum atomic E-state index is 0.144. The van der Waals surface area contributed by atoms with E-state index in [0.29, 0.717) is 22.5 Å². The first-order valence-electron chi connectivity index (χ1n) is 7.05. The second-order valence-corrected chi connectivity index (χ2v) is 6.62. The van der Waals surface area contributed by atoms with E-state index in [1.54, 1.807) is 6.07 Å². The summed E-state index contributed by atoms with van der Waals surface area (Å²) in [4.78, 5) is 4.70. The first-order valence-corrected chi connectivity index (χ1v) is 7.80. The minimum absolute atomic E-state index is 0.144. The molecule has 1 aliphatic heterocycles. The molecule has 0 amide bonds. The molecule has 2 rings (SSSR count). The fourth-order valence-corrected chi connectivity index (χ4v) is 3.56. The lowest BCUT2D eigenvalue weighted by molar-refractivity contribution is 0.211. The van der Waals surface area contributed by atoms with E-state index < -0.39 is 0 Å². The molecule has 1 aliphatic rings. The van der Waals surface area contributed by atoms with Crippen molar-refractivity contribution in [3.05, 3.63) is 33.8 Å². The van der Waals surface area contributed by atoms with Crippen LogP contribution in [-0.2, 0) is 0 Å². The van der Waals surface area contributed by atoms with Crippen LogP contribution in [0.4, 0.5) is 0 Å². The van der Waals surface area contributed by atoms with Crippen molar-refractivity contribution in [1.29, 1.82) is 0 Å². The molecule has 1 heterocycles. The summed E-state index contributed by atoms with van der Waals surface area (Å²) in [5, 5.41) is 1.36. The van der Waals surface area contributed by atoms with Crippen molar-refractivity contribution in [2.75, 3.05) is 40.3 Å². The Hall–Kier alpha value is -0.320. The average molecular weight is 316 g/mol. The van der Waals surface area contributed by atoms with Crippen LogP contribution in [0.1, 0.15) is 18.0 Å². The van der Waals surface area contributed by atoms with E-state index in [4.69, 9.17) is 28.9 Å². The van der Waals surface area contributed by atoms with E-state index in [1.807, 2.05) is 12.1 Å². The molecule has 0 saturated carbocycles. The minimum Gasteiger partial charge on any atom is -0.329 e. The predicted molar refractivity (Wildman–Crippen MR) is 86.5 cm³/mol. The second kappa shape index (κ2) is 7.10. The fraction of sp³-hybridized carbons (Fsp3) is 0.600. The number of hydrogen-bond donors (Lipinski definition) is 1. The molecule has 0 bridgehead atoms. The summed E-state index contributed by atoms with van der Waals surface area (Å²) in [6.45, 7) is 3.95. The van der Waals surface area contributed by atoms with Gasteiger partial charge in [0.05, 0.1) is 0 Å². The summed E-state index contributed by atoms with van der Waals surface area (Å²) in [5.74, 6) is 0.713. The molecule has 5 heteroatoms. The van der Waals surface area contributed by atoms with Gasteiger partial charge in [0.2, 0.25) is 0 Å². The van der Waals surface area contributed by atoms with Crippen molar-refractivity contribution in [3.63, 3.8) is 0 Å². The highest BCUT2D eigenvalue weighted by Crippen LogP contribution is 2.30. The van der Waals surface area contributed by atoms with Crippen LogP contribution in [-0.4, -0.2) is 50.1 Å². The zero-order valence-electron chi connectivity index (χ0n) is 12.1. The lowest BCUT2D eigenvalue weighted by atomic mass is 10.0. The van der Waals surface area contributed by atoms with Crippen LogP contribution >= 0.6 is 23.2 Å². The number of rotatable bonds is 5. The van der Waals surface area contributed by atoms with Crippen molar-refractivity contribution in [2.45, 2.75) is 12.5 Å². The van der Waals surface area contributed by atoms with Crippen LogP contribution in [0.25, 0.3) is 0 Å². The van der Waals surface area contributed by atoms with Gasteiger partial charge in [0.15, 0.2) is 0 Å². The smallest absolute Gasteiger partial charge is 0.0482 e. The molecular weight excluding hydrogens is 293 g/mol. The van der Waals surface area contributed by atoms with E-state index in [1.165, 1.54) is 13.0 Å². The van der Waals surface area contributed by atoms with Gasteiger partial charge >= 0.3 is 0 Å². The van der Waals surface area contributed by atoms with Gasteiger partial charge in [-0.25, -0.2) is 0 Å². The molecule has 2 atom stereocenters. The van der Waals surface area contributed by atoms with Crippen LogP contribution in [0.15, 0.2) is 18.2 Å². The Morgan fingerprint density at radius 2 is 2.20 bits per heavy atom. The van der Waals surface area contributed by atoms with Crippen LogP contribution in [0.3, 0.4) is 0 Å². The highest BCUT2D eigenvalue weighted by atomic mass is 35.5. The molecular formula is C15H23Cl2N3. The maximum Gasteiger partial charge on any atom is 0.0482 e. The quantitative estimate of drug-likeness (QED) is 0.907. The molecule has 0 radical (unpaired) electrons. The topological polar surface area (TPSA) is 32.5 Å². The number of nitrogens with zero attached hydrogens (tertiary/aromatic N) is 2. The summed E-state index contributed by atoms with van der Waals surface area (Å²) in [7, 11) is 4.30. The number of likely N-dealkylation sites (N-methyl/N-ethyl adjacent to an activating group) is 1. The zero-order chi connectivity index (χ0) is 14.7. The lowest BCUT2D eigenvalue weighted by Gasteiger charge is -2.30. The van der Waals surface area contributed by atoms with Crippen molar-refractivity contribution in [3.8, 4) is 0 Å². The molecule has 2 N–H and O–H groups in total. The SMILES string of the molecule is CN1CCC(CN(C)C(CN)c2ccc(Cl)cc2Cl)C1. The van der Waals surface area contributed by atoms with Gasteiger partial charge in [-0.2, -0.15) is 0 Å². The lowest BCUT2D eigenvalue weighted by Crippen LogP contribution is -2.35. The first-order chi connectivity index (χ1) is 9.51. The monoisotopic (exact) mass is 315 g/mol. The standard InChI is InChI=1S/C15H23Cl2N3/c1-19-6-5-11(9-19)10-20(2)15(8-18)13-4-3-12(16)7-14(13)17/h3-4,7,11,15H,5-6,8-10,18H2,1-2H3. The van der Waals surface area contributed by atoms with Crippen molar-refractivity contribution in [2.24, 2.45) is 11.7 Å². The normalized spacial score (nSPS) is 21.6. The predicted octanol–water partition coefficient (Wildman–Crippen LogP) is 2.88. The molecule has 3 nitrogen and oxygen atoms in total. The van der Waals surface area contributed by atoms with Gasteiger partial charge in [0, 0.05) is 35.7 Å². The molecule has 1 saturated heterocycles. The van der Waals surface area contributed by atoms with E-state index in [0.717, 1.165) is 18.7 Å². The largest absolute Gasteiger partial charge is 0.329 e. The third kappa shape index (κ3) is 3.86. The average Bonchev–Trinajstić information content (AvgIpc) is 2.78. The van der Waals surface area contributed by atoms with Gasteiger partial charge in [-0.05, 0) is 50.7 Å². The number of benzene rings is 1. The van der Waals surface area contributed by atoms with Gasteiger partial charge in [0.25, 0.3) is 0 Å². The Balaban J connectivity index is 2.06. The van der Waals surface area contributed by atoms with Crippen molar-refractivity contribution in [1.82, 2.24) is 9.80 Å². The fourth-order valence-electron chi connectivity index (χ4n) is 3.03. The van der Waals surface area contributed by atoms with E-state index >= 15 is 0 Å². The Bertz CT molecular complexity index is 453. The Morgan fingerprint density at radius 1 is 1.45 bits per heavy atom. The van der Waals surface area contributed by atoms with Crippen LogP contribution in [0.5, 0.6) is 0 Å². The van der Waals surface area contributed by atoms with Crippen molar-refractivity contribution >= 4 is 23.2 Å². The number of likely N-dealkylation sites (tertiary alicyclic amines) is 1. The molecule has 1 aromatic carbocycles. The summed E-state index contributed by atoms with van der Waals surface area (Å²) >= 11 is 12.3. The number of nitrogens with two attached hydrogens (primary N) is 1. The van der Waals surface area contributed by atoms with Gasteiger partial charge in [-0.15, -0.1) is 0 Å². The van der Waals surface area contributed by atoms with Gasteiger partial charge in [0.1, 0.15) is 0 Å². The summed E-state index contributed by atoms with van der Waals surface area (Å²) in [6.07, 6.45) is 1.26. The molecule has 0 aliphatic carbocycles. The van der Waals surface area contributed by atoms with Gasteiger partial charge < -0.3 is 10.6 Å². The molecule has 0 spiro atoms. The van der Waals surface area contributed by atoms with Crippen LogP contribution in [0, 0.1) is 5.92 Å². The Morgan fingerprint density at radius 3 is 2.75 bits per heavy atom. The Labute approximate surface area is 131 Å². The number of hydrogen-bond acceptors (Lipinski definition) is 3. The van der Waals surface area contributed by atoms with E-state index in [9.17, 15) is 0 Å². The number of halogens is 2. The summed E-state index contributed by atoms with van der Waals surface area (Å²) < 4.78 is 0. The maximum absolute atomic E-state index is 6.31. The van der Waals surface area contributed by atoms with Gasteiger partial charge in [-0.3, -0.25) is 4.90 Å². The summed E-state index contributed by atoms with van der Waals surface area (Å²) in [6, 6.07) is 5.80. The second-order valence-electron chi connectivity index (χ2n) is 5.77. The molecule has 2 unspecified atom stereocenters. The molecule has 112 valence electrons. The van der Waals surface area contributed by atoms with Crippen molar-refractivity contribution < 1.29 is 0 Å². The third-order valence-electron chi connectivity index (χ3n) is 4.11. The zero-order valence-corrected chi connectivity index (χ0v) is 13.7. The molecule has 0 aromatic heterocycles. The van der Waals surface area contributed by atoms with Crippen LogP contribution < -0.4 is 5.73 Å². The Kier molecular flexibility index (Phi) is 5.70. The molecule has 20 heavy (non-hydrogen) atoms. The summed E-state index contributed by atoms with van der Waals surface area (Å²) in [5.41, 5.74) is 7.03. The van der Waals surface area contributed by atoms with Crippen LogP contribution in [0.2, 0.25) is 10.0 Å². The molecule has 1 fully saturated rings. The third-order valence-corrected chi connectivity index (χ3v) is 4.67.